The number of imidazole rings is 1. The number of thiophene rings is 1. The van der Waals surface area contributed by atoms with E-state index in [4.69, 9.17) is 0 Å². The van der Waals surface area contributed by atoms with Crippen molar-refractivity contribution in [3.8, 4) is 10.7 Å². The number of hydrogen-bond donors (Lipinski definition) is 1. The summed E-state index contributed by atoms with van der Waals surface area (Å²) in [6, 6.07) is 3.38. The van der Waals surface area contributed by atoms with Crippen LogP contribution in [-0.2, 0) is 4.79 Å². The summed E-state index contributed by atoms with van der Waals surface area (Å²) < 4.78 is 1.77. The van der Waals surface area contributed by atoms with E-state index < -0.39 is 12.0 Å². The Morgan fingerprint density at radius 3 is 3.06 bits per heavy atom. The molecule has 1 atom stereocenters. The van der Waals surface area contributed by atoms with Crippen LogP contribution < -0.4 is 0 Å². The zero-order valence-corrected chi connectivity index (χ0v) is 11.1. The van der Waals surface area contributed by atoms with Crippen LogP contribution in [0.25, 0.3) is 10.7 Å². The largest absolute Gasteiger partial charge is 0.480 e. The zero-order valence-electron chi connectivity index (χ0n) is 10.2. The lowest BCUT2D eigenvalue weighted by Gasteiger charge is -2.15. The Labute approximate surface area is 110 Å². The number of aliphatic carboxylic acids is 1. The monoisotopic (exact) mass is 264 g/mol. The second-order valence-corrected chi connectivity index (χ2v) is 5.08. The number of aromatic nitrogens is 2. The van der Waals surface area contributed by atoms with E-state index >= 15 is 0 Å². The van der Waals surface area contributed by atoms with E-state index in [0.717, 1.165) is 23.5 Å². The maximum atomic E-state index is 11.4. The molecule has 0 saturated heterocycles. The maximum Gasteiger partial charge on any atom is 0.326 e. The Hall–Kier alpha value is -1.62. The Bertz CT molecular complexity index is 505. The number of carboxylic acids is 1. The molecule has 0 aliphatic heterocycles. The highest BCUT2D eigenvalue weighted by molar-refractivity contribution is 7.13. The molecular weight excluding hydrogens is 248 g/mol. The van der Waals surface area contributed by atoms with E-state index in [0.29, 0.717) is 6.42 Å². The molecule has 4 nitrogen and oxygen atoms in total. The molecule has 0 aromatic carbocycles. The van der Waals surface area contributed by atoms with Gasteiger partial charge in [0.1, 0.15) is 6.04 Å². The minimum Gasteiger partial charge on any atom is -0.480 e. The molecule has 5 heteroatoms. The molecule has 18 heavy (non-hydrogen) atoms. The lowest BCUT2D eigenvalue weighted by atomic mass is 10.1. The molecule has 2 aromatic rings. The van der Waals surface area contributed by atoms with Crippen molar-refractivity contribution in [3.05, 3.63) is 29.9 Å². The lowest BCUT2D eigenvalue weighted by molar-refractivity contribution is -0.141. The van der Waals surface area contributed by atoms with Crippen LogP contribution >= 0.6 is 11.3 Å². The fraction of sp³-hybridized carbons (Fsp3) is 0.385. The van der Waals surface area contributed by atoms with Gasteiger partial charge in [0.15, 0.2) is 5.82 Å². The minimum absolute atomic E-state index is 0.524. The first-order chi connectivity index (χ1) is 8.74. The number of unbranched alkanes of at least 4 members (excludes halogenated alkanes) is 1. The highest BCUT2D eigenvalue weighted by Gasteiger charge is 2.22. The van der Waals surface area contributed by atoms with Gasteiger partial charge < -0.3 is 9.67 Å². The van der Waals surface area contributed by atoms with E-state index in [-0.39, 0.29) is 0 Å². The van der Waals surface area contributed by atoms with Crippen molar-refractivity contribution in [2.24, 2.45) is 0 Å². The van der Waals surface area contributed by atoms with Crippen LogP contribution in [0, 0.1) is 0 Å². The number of carboxylic acid groups (broad SMARTS) is 1. The van der Waals surface area contributed by atoms with E-state index in [9.17, 15) is 9.90 Å². The van der Waals surface area contributed by atoms with Gasteiger partial charge in [-0.2, -0.15) is 0 Å². The standard InChI is InChI=1S/C13H16N2O2S/c1-2-3-5-10(13(16)17)15-8-7-14-12(15)11-6-4-9-18-11/h4,6-10H,2-3,5H2,1H3,(H,16,17). The Kier molecular flexibility index (Phi) is 4.15. The summed E-state index contributed by atoms with van der Waals surface area (Å²) in [4.78, 5) is 16.7. The number of hydrogen-bond acceptors (Lipinski definition) is 3. The van der Waals surface area contributed by atoms with Crippen molar-refractivity contribution >= 4 is 17.3 Å². The molecule has 0 fully saturated rings. The average Bonchev–Trinajstić information content (AvgIpc) is 2.99. The van der Waals surface area contributed by atoms with Crippen LogP contribution in [0.5, 0.6) is 0 Å². The third kappa shape index (κ3) is 2.61. The van der Waals surface area contributed by atoms with Crippen LogP contribution in [0.15, 0.2) is 29.9 Å². The van der Waals surface area contributed by atoms with Crippen LogP contribution in [0.1, 0.15) is 32.2 Å². The van der Waals surface area contributed by atoms with Gasteiger partial charge >= 0.3 is 5.97 Å². The van der Waals surface area contributed by atoms with E-state index in [2.05, 4.69) is 11.9 Å². The fourth-order valence-corrected chi connectivity index (χ4v) is 2.66. The lowest BCUT2D eigenvalue weighted by Crippen LogP contribution is -2.19. The van der Waals surface area contributed by atoms with E-state index in [1.54, 1.807) is 28.3 Å². The summed E-state index contributed by atoms with van der Waals surface area (Å²) in [6.45, 7) is 2.06. The quantitative estimate of drug-likeness (QED) is 0.869. The predicted octanol–water partition coefficient (Wildman–Crippen LogP) is 3.43. The molecule has 2 heterocycles. The van der Waals surface area contributed by atoms with Crippen LogP contribution in [0.4, 0.5) is 0 Å². The summed E-state index contributed by atoms with van der Waals surface area (Å²) >= 11 is 1.57. The highest BCUT2D eigenvalue weighted by atomic mass is 32.1. The van der Waals surface area contributed by atoms with Gasteiger partial charge in [-0.15, -0.1) is 11.3 Å². The van der Waals surface area contributed by atoms with Gasteiger partial charge in [0.25, 0.3) is 0 Å². The van der Waals surface area contributed by atoms with Crippen molar-refractivity contribution in [2.45, 2.75) is 32.2 Å². The first-order valence-corrected chi connectivity index (χ1v) is 6.91. The van der Waals surface area contributed by atoms with E-state index in [1.807, 2.05) is 17.5 Å². The normalized spacial score (nSPS) is 12.5. The summed E-state index contributed by atoms with van der Waals surface area (Å²) in [5.74, 6) is -0.0484. The molecule has 0 radical (unpaired) electrons. The molecule has 96 valence electrons. The SMILES string of the molecule is CCCCC(C(=O)O)n1ccnc1-c1cccs1. The summed E-state index contributed by atoms with van der Waals surface area (Å²) in [5, 5.41) is 11.3. The molecule has 2 rings (SSSR count). The molecule has 2 aromatic heterocycles. The molecule has 1 unspecified atom stereocenters. The topological polar surface area (TPSA) is 55.1 Å². The molecule has 0 spiro atoms. The van der Waals surface area contributed by atoms with Crippen molar-refractivity contribution < 1.29 is 9.90 Å². The van der Waals surface area contributed by atoms with Gasteiger partial charge in [0.05, 0.1) is 4.88 Å². The summed E-state index contributed by atoms with van der Waals surface area (Å²) in [6.07, 6.45) is 5.95. The average molecular weight is 264 g/mol. The Balaban J connectivity index is 2.31. The van der Waals surface area contributed by atoms with Gasteiger partial charge in [0.2, 0.25) is 0 Å². The minimum atomic E-state index is -0.792. The predicted molar refractivity (Wildman–Crippen MR) is 71.7 cm³/mol. The maximum absolute atomic E-state index is 11.4. The van der Waals surface area contributed by atoms with Crippen LogP contribution in [0.2, 0.25) is 0 Å². The number of nitrogens with zero attached hydrogens (tertiary/aromatic N) is 2. The van der Waals surface area contributed by atoms with Crippen molar-refractivity contribution in [2.75, 3.05) is 0 Å². The summed E-state index contributed by atoms with van der Waals surface area (Å²) in [5.41, 5.74) is 0. The molecule has 0 saturated carbocycles. The third-order valence-electron chi connectivity index (χ3n) is 2.86. The van der Waals surface area contributed by atoms with Crippen LogP contribution in [0.3, 0.4) is 0 Å². The molecule has 1 N–H and O–H groups in total. The summed E-state index contributed by atoms with van der Waals surface area (Å²) in [7, 11) is 0. The second kappa shape index (κ2) is 5.82. The van der Waals surface area contributed by atoms with Gasteiger partial charge in [-0.3, -0.25) is 0 Å². The number of carbonyl (C=O) groups is 1. The third-order valence-corrected chi connectivity index (χ3v) is 3.73. The Morgan fingerprint density at radius 2 is 2.44 bits per heavy atom. The smallest absolute Gasteiger partial charge is 0.326 e. The fourth-order valence-electron chi connectivity index (χ4n) is 1.94. The molecule has 0 amide bonds. The van der Waals surface area contributed by atoms with Crippen molar-refractivity contribution in [1.29, 1.82) is 0 Å². The van der Waals surface area contributed by atoms with E-state index in [1.165, 1.54) is 0 Å². The first kappa shape index (κ1) is 12.8. The van der Waals surface area contributed by atoms with Gasteiger partial charge in [-0.25, -0.2) is 9.78 Å². The zero-order chi connectivity index (χ0) is 13.0. The van der Waals surface area contributed by atoms with Crippen LogP contribution in [-0.4, -0.2) is 20.6 Å². The molecule has 0 bridgehead atoms. The molecular formula is C13H16N2O2S. The van der Waals surface area contributed by atoms with Gasteiger partial charge in [0, 0.05) is 12.4 Å². The molecule has 0 aliphatic carbocycles. The number of rotatable bonds is 6. The van der Waals surface area contributed by atoms with Crippen molar-refractivity contribution in [1.82, 2.24) is 9.55 Å². The first-order valence-electron chi connectivity index (χ1n) is 6.03. The van der Waals surface area contributed by atoms with Gasteiger partial charge in [-0.05, 0) is 17.9 Å². The highest BCUT2D eigenvalue weighted by Crippen LogP contribution is 2.27. The Morgan fingerprint density at radius 1 is 1.61 bits per heavy atom. The second-order valence-electron chi connectivity index (χ2n) is 4.13. The van der Waals surface area contributed by atoms with Gasteiger partial charge in [-0.1, -0.05) is 25.8 Å². The van der Waals surface area contributed by atoms with Crippen molar-refractivity contribution in [3.63, 3.8) is 0 Å². The molecule has 0 aliphatic rings.